The van der Waals surface area contributed by atoms with Gasteiger partial charge in [-0.05, 0) is 36.8 Å². The third-order valence-electron chi connectivity index (χ3n) is 4.17. The summed E-state index contributed by atoms with van der Waals surface area (Å²) in [5, 5.41) is 9.51. The van der Waals surface area contributed by atoms with Gasteiger partial charge in [0, 0.05) is 19.0 Å². The number of hydrogen-bond donors (Lipinski definition) is 1. The molecule has 1 N–H and O–H groups in total. The average Bonchev–Trinajstić information content (AvgIpc) is 2.84. The van der Waals surface area contributed by atoms with Crippen molar-refractivity contribution in [1.29, 1.82) is 0 Å². The summed E-state index contributed by atoms with van der Waals surface area (Å²) in [6.07, 6.45) is 3.23. The average molecular weight is 245 g/mol. The lowest BCUT2D eigenvalue weighted by Crippen LogP contribution is -2.37. The van der Waals surface area contributed by atoms with Crippen LogP contribution in [0.3, 0.4) is 0 Å². The Morgan fingerprint density at radius 1 is 1.22 bits per heavy atom. The summed E-state index contributed by atoms with van der Waals surface area (Å²) in [5.74, 6) is 0.353. The first-order chi connectivity index (χ1) is 8.74. The molecule has 1 aliphatic carbocycles. The molecule has 1 aliphatic heterocycles. The summed E-state index contributed by atoms with van der Waals surface area (Å²) in [4.78, 5) is 14.2. The molecule has 2 aliphatic rings. The minimum absolute atomic E-state index is 0.116. The van der Waals surface area contributed by atoms with Crippen molar-refractivity contribution in [2.75, 3.05) is 13.1 Å². The van der Waals surface area contributed by atoms with Crippen molar-refractivity contribution in [1.82, 2.24) is 4.90 Å². The minimum atomic E-state index is -0.315. The highest BCUT2D eigenvalue weighted by molar-refractivity contribution is 5.79. The van der Waals surface area contributed by atoms with Gasteiger partial charge >= 0.3 is 0 Å². The zero-order valence-electron chi connectivity index (χ0n) is 10.5. The monoisotopic (exact) mass is 245 g/mol. The molecule has 2 unspecified atom stereocenters. The fourth-order valence-corrected chi connectivity index (χ4v) is 3.11. The van der Waals surface area contributed by atoms with Crippen molar-refractivity contribution < 1.29 is 9.90 Å². The van der Waals surface area contributed by atoms with Crippen molar-refractivity contribution in [3.05, 3.63) is 35.4 Å². The van der Waals surface area contributed by atoms with Crippen molar-refractivity contribution in [3.63, 3.8) is 0 Å². The van der Waals surface area contributed by atoms with Crippen molar-refractivity contribution in [2.24, 2.45) is 5.92 Å². The van der Waals surface area contributed by atoms with E-state index in [1.807, 2.05) is 11.0 Å². The first kappa shape index (κ1) is 11.7. The van der Waals surface area contributed by atoms with Crippen LogP contribution in [0.4, 0.5) is 0 Å². The minimum Gasteiger partial charge on any atom is -0.391 e. The van der Waals surface area contributed by atoms with Crippen LogP contribution in [0.1, 0.15) is 24.0 Å². The quantitative estimate of drug-likeness (QED) is 0.812. The van der Waals surface area contributed by atoms with Crippen LogP contribution in [0.25, 0.3) is 0 Å². The number of carbonyl (C=O) groups is 1. The van der Waals surface area contributed by atoms with Gasteiger partial charge in [0.1, 0.15) is 0 Å². The van der Waals surface area contributed by atoms with Gasteiger partial charge in [0.05, 0.1) is 6.10 Å². The predicted octanol–water partition coefficient (Wildman–Crippen LogP) is 1.38. The van der Waals surface area contributed by atoms with Gasteiger partial charge in [-0.1, -0.05) is 24.3 Å². The van der Waals surface area contributed by atoms with Crippen LogP contribution in [0.2, 0.25) is 0 Å². The molecular weight excluding hydrogens is 226 g/mol. The summed E-state index contributed by atoms with van der Waals surface area (Å²) < 4.78 is 0. The van der Waals surface area contributed by atoms with E-state index in [-0.39, 0.29) is 17.9 Å². The van der Waals surface area contributed by atoms with Crippen molar-refractivity contribution in [2.45, 2.75) is 31.8 Å². The number of aryl methyl sites for hydroxylation is 1. The van der Waals surface area contributed by atoms with E-state index in [0.29, 0.717) is 6.54 Å². The molecular formula is C15H19NO2. The molecule has 1 amide bonds. The molecule has 1 fully saturated rings. The summed E-state index contributed by atoms with van der Waals surface area (Å²) in [5.41, 5.74) is 2.71. The van der Waals surface area contributed by atoms with Crippen LogP contribution in [0.15, 0.2) is 24.3 Å². The Morgan fingerprint density at radius 3 is 2.72 bits per heavy atom. The third-order valence-corrected chi connectivity index (χ3v) is 4.17. The second-order valence-electron chi connectivity index (χ2n) is 5.44. The van der Waals surface area contributed by atoms with Gasteiger partial charge in [-0.3, -0.25) is 4.79 Å². The molecule has 3 nitrogen and oxygen atoms in total. The normalized spacial score (nSPS) is 27.1. The predicted molar refractivity (Wildman–Crippen MR) is 69.2 cm³/mol. The zero-order chi connectivity index (χ0) is 12.5. The smallest absolute Gasteiger partial charge is 0.226 e. The lowest BCUT2D eigenvalue weighted by molar-refractivity contribution is -0.135. The van der Waals surface area contributed by atoms with Gasteiger partial charge in [0.15, 0.2) is 0 Å². The molecule has 1 heterocycles. The summed E-state index contributed by atoms with van der Waals surface area (Å²) in [7, 11) is 0. The molecule has 18 heavy (non-hydrogen) atoms. The topological polar surface area (TPSA) is 40.5 Å². The van der Waals surface area contributed by atoms with Gasteiger partial charge in [0.25, 0.3) is 0 Å². The number of amides is 1. The number of aliphatic hydroxyl groups excluding tert-OH is 1. The number of rotatable bonds is 1. The number of aliphatic hydroxyl groups is 1. The fraction of sp³-hybridized carbons (Fsp3) is 0.533. The van der Waals surface area contributed by atoms with Crippen LogP contribution in [0.5, 0.6) is 0 Å². The number of β-amino-alcohol motifs (C(OH)–C–C–N with tert-alkyl or cyclic N) is 1. The van der Waals surface area contributed by atoms with E-state index in [0.717, 1.165) is 32.2 Å². The first-order valence-electron chi connectivity index (χ1n) is 6.77. The number of fused-ring (bicyclic) bond motifs is 1. The Labute approximate surface area is 107 Å². The fourth-order valence-electron chi connectivity index (χ4n) is 3.11. The van der Waals surface area contributed by atoms with Gasteiger partial charge in [-0.2, -0.15) is 0 Å². The van der Waals surface area contributed by atoms with Gasteiger partial charge in [0.2, 0.25) is 5.91 Å². The lowest BCUT2D eigenvalue weighted by Gasteiger charge is -2.27. The van der Waals surface area contributed by atoms with Crippen LogP contribution in [0, 0.1) is 5.92 Å². The number of likely N-dealkylation sites (tertiary alicyclic amines) is 1. The van der Waals surface area contributed by atoms with Crippen LogP contribution in [-0.4, -0.2) is 35.1 Å². The maximum Gasteiger partial charge on any atom is 0.226 e. The number of carbonyl (C=O) groups excluding carboxylic acids is 1. The number of benzene rings is 1. The van der Waals surface area contributed by atoms with Crippen LogP contribution in [-0.2, 0) is 17.6 Å². The maximum absolute atomic E-state index is 12.4. The molecule has 1 saturated heterocycles. The molecule has 3 rings (SSSR count). The van der Waals surface area contributed by atoms with Crippen molar-refractivity contribution >= 4 is 5.91 Å². The summed E-state index contributed by atoms with van der Waals surface area (Å²) >= 11 is 0. The van der Waals surface area contributed by atoms with E-state index in [4.69, 9.17) is 0 Å². The lowest BCUT2D eigenvalue weighted by atomic mass is 9.83. The Hall–Kier alpha value is -1.35. The molecule has 0 aromatic heterocycles. The molecule has 96 valence electrons. The third kappa shape index (κ3) is 2.15. The Morgan fingerprint density at radius 2 is 2.00 bits per heavy atom. The zero-order valence-corrected chi connectivity index (χ0v) is 10.5. The Balaban J connectivity index is 1.70. The highest BCUT2D eigenvalue weighted by Crippen LogP contribution is 2.27. The second kappa shape index (κ2) is 4.73. The molecule has 0 bridgehead atoms. The number of hydrogen-bond acceptors (Lipinski definition) is 2. The Kier molecular flexibility index (Phi) is 3.08. The van der Waals surface area contributed by atoms with Gasteiger partial charge < -0.3 is 10.0 Å². The van der Waals surface area contributed by atoms with Crippen LogP contribution >= 0.6 is 0 Å². The maximum atomic E-state index is 12.4. The Bertz CT molecular complexity index is 458. The van der Waals surface area contributed by atoms with E-state index in [1.165, 1.54) is 11.1 Å². The highest BCUT2D eigenvalue weighted by atomic mass is 16.3. The molecule has 0 saturated carbocycles. The first-order valence-corrected chi connectivity index (χ1v) is 6.77. The van der Waals surface area contributed by atoms with E-state index < -0.39 is 0 Å². The van der Waals surface area contributed by atoms with E-state index in [2.05, 4.69) is 18.2 Å². The standard InChI is InChI=1S/C15H19NO2/c17-14-7-8-16(10-14)15(18)13-6-5-11-3-1-2-4-12(11)9-13/h1-4,13-14,17H,5-10H2. The number of nitrogens with zero attached hydrogens (tertiary/aromatic N) is 1. The molecule has 0 radical (unpaired) electrons. The second-order valence-corrected chi connectivity index (χ2v) is 5.44. The molecule has 1 aromatic rings. The van der Waals surface area contributed by atoms with Gasteiger partial charge in [-0.15, -0.1) is 0 Å². The molecule has 1 aromatic carbocycles. The molecule has 0 spiro atoms. The summed E-state index contributed by atoms with van der Waals surface area (Å²) in [6.45, 7) is 1.25. The van der Waals surface area contributed by atoms with Crippen molar-refractivity contribution in [3.8, 4) is 0 Å². The highest BCUT2D eigenvalue weighted by Gasteiger charge is 2.31. The largest absolute Gasteiger partial charge is 0.391 e. The molecule has 2 atom stereocenters. The van der Waals surface area contributed by atoms with E-state index in [9.17, 15) is 9.90 Å². The van der Waals surface area contributed by atoms with Gasteiger partial charge in [-0.25, -0.2) is 0 Å². The summed E-state index contributed by atoms with van der Waals surface area (Å²) in [6, 6.07) is 8.41. The van der Waals surface area contributed by atoms with E-state index in [1.54, 1.807) is 0 Å². The SMILES string of the molecule is O=C(C1CCc2ccccc2C1)N1CCC(O)C1. The molecule has 3 heteroatoms. The van der Waals surface area contributed by atoms with E-state index >= 15 is 0 Å². The van der Waals surface area contributed by atoms with Crippen LogP contribution < -0.4 is 0 Å².